The van der Waals surface area contributed by atoms with Gasteiger partial charge in [0.1, 0.15) is 5.58 Å². The zero-order chi connectivity index (χ0) is 7.68. The zero-order valence-corrected chi connectivity index (χ0v) is 7.28. The fourth-order valence-corrected chi connectivity index (χ4v) is 1.01. The molecule has 0 N–H and O–H groups in total. The number of para-hydroxylation sites is 1. The van der Waals surface area contributed by atoms with Gasteiger partial charge in [-0.05, 0) is 12.1 Å². The maximum absolute atomic E-state index is 10.7. The van der Waals surface area contributed by atoms with E-state index in [1.54, 1.807) is 12.1 Å². The molecular formula is C9H8O2S. The van der Waals surface area contributed by atoms with Gasteiger partial charge in [-0.2, -0.15) is 13.5 Å². The third-order valence-corrected chi connectivity index (χ3v) is 1.53. The average Bonchev–Trinajstić information content (AvgIpc) is 2.04. The molecule has 12 heavy (non-hydrogen) atoms. The number of rotatable bonds is 0. The highest BCUT2D eigenvalue weighted by Gasteiger charge is 1.92. The van der Waals surface area contributed by atoms with Crippen molar-refractivity contribution in [1.29, 1.82) is 0 Å². The van der Waals surface area contributed by atoms with E-state index in [-0.39, 0.29) is 19.1 Å². The Hall–Kier alpha value is -1.22. The van der Waals surface area contributed by atoms with Crippen molar-refractivity contribution in [3.05, 3.63) is 46.8 Å². The Kier molecular flexibility index (Phi) is 2.55. The van der Waals surface area contributed by atoms with Crippen molar-refractivity contribution in [2.24, 2.45) is 0 Å². The van der Waals surface area contributed by atoms with E-state index in [4.69, 9.17) is 4.42 Å². The molecule has 3 heteroatoms. The Morgan fingerprint density at radius 1 is 1.00 bits per heavy atom. The summed E-state index contributed by atoms with van der Waals surface area (Å²) in [6, 6.07) is 10.6. The van der Waals surface area contributed by atoms with E-state index in [2.05, 4.69) is 0 Å². The van der Waals surface area contributed by atoms with Gasteiger partial charge in [-0.15, -0.1) is 0 Å². The Morgan fingerprint density at radius 2 is 1.75 bits per heavy atom. The largest absolute Gasteiger partial charge is 0.423 e. The van der Waals surface area contributed by atoms with Crippen molar-refractivity contribution in [1.82, 2.24) is 0 Å². The lowest BCUT2D eigenvalue weighted by Crippen LogP contribution is -1.93. The molecule has 0 atom stereocenters. The summed E-state index contributed by atoms with van der Waals surface area (Å²) in [5.74, 6) is 0. The topological polar surface area (TPSA) is 30.2 Å². The monoisotopic (exact) mass is 180 g/mol. The summed E-state index contributed by atoms with van der Waals surface area (Å²) in [6.45, 7) is 0. The van der Waals surface area contributed by atoms with Gasteiger partial charge in [0, 0.05) is 11.5 Å². The molecule has 1 aromatic heterocycles. The molecule has 0 aliphatic heterocycles. The van der Waals surface area contributed by atoms with Crippen molar-refractivity contribution in [2.45, 2.75) is 0 Å². The number of hydrogen-bond acceptors (Lipinski definition) is 2. The average molecular weight is 180 g/mol. The van der Waals surface area contributed by atoms with Crippen LogP contribution in [-0.4, -0.2) is 0 Å². The summed E-state index contributed by atoms with van der Waals surface area (Å²) in [4.78, 5) is 10.7. The SMILES string of the molecule is O=c1ccc2ccccc2o1.S. The minimum absolute atomic E-state index is 0. The molecule has 62 valence electrons. The molecule has 0 amide bonds. The maximum Gasteiger partial charge on any atom is 0.336 e. The van der Waals surface area contributed by atoms with Crippen LogP contribution < -0.4 is 5.63 Å². The van der Waals surface area contributed by atoms with Crippen LogP contribution in [0, 0.1) is 0 Å². The summed E-state index contributed by atoms with van der Waals surface area (Å²) in [5, 5.41) is 0.951. The van der Waals surface area contributed by atoms with E-state index in [9.17, 15) is 4.79 Å². The molecule has 0 spiro atoms. The summed E-state index contributed by atoms with van der Waals surface area (Å²) in [5.41, 5.74) is 0.337. The second kappa shape index (κ2) is 3.45. The van der Waals surface area contributed by atoms with E-state index < -0.39 is 0 Å². The van der Waals surface area contributed by atoms with Gasteiger partial charge in [-0.1, -0.05) is 18.2 Å². The van der Waals surface area contributed by atoms with Crippen LogP contribution in [0.3, 0.4) is 0 Å². The Morgan fingerprint density at radius 3 is 2.58 bits per heavy atom. The second-order valence-electron chi connectivity index (χ2n) is 2.29. The highest BCUT2D eigenvalue weighted by molar-refractivity contribution is 7.59. The normalized spacial score (nSPS) is 9.33. The first-order valence-electron chi connectivity index (χ1n) is 3.35. The van der Waals surface area contributed by atoms with Crippen LogP contribution in [0.15, 0.2) is 45.6 Å². The van der Waals surface area contributed by atoms with Gasteiger partial charge >= 0.3 is 5.63 Å². The summed E-state index contributed by atoms with van der Waals surface area (Å²) >= 11 is 0. The molecule has 1 heterocycles. The first-order chi connectivity index (χ1) is 5.36. The van der Waals surface area contributed by atoms with Crippen LogP contribution in [0.5, 0.6) is 0 Å². The van der Waals surface area contributed by atoms with Crippen LogP contribution in [0.1, 0.15) is 0 Å². The van der Waals surface area contributed by atoms with Crippen molar-refractivity contribution in [2.75, 3.05) is 0 Å². The molecule has 0 aliphatic carbocycles. The minimum atomic E-state index is -0.302. The van der Waals surface area contributed by atoms with E-state index in [0.29, 0.717) is 5.58 Å². The van der Waals surface area contributed by atoms with E-state index in [1.807, 2.05) is 18.2 Å². The molecule has 0 fully saturated rings. The van der Waals surface area contributed by atoms with Crippen LogP contribution >= 0.6 is 13.5 Å². The third-order valence-electron chi connectivity index (χ3n) is 1.53. The summed E-state index contributed by atoms with van der Waals surface area (Å²) in [6.07, 6.45) is 0. The van der Waals surface area contributed by atoms with E-state index in [0.717, 1.165) is 5.39 Å². The molecule has 0 unspecified atom stereocenters. The predicted molar refractivity (Wildman–Crippen MR) is 52.9 cm³/mol. The van der Waals surface area contributed by atoms with Crippen LogP contribution in [0.25, 0.3) is 11.0 Å². The highest BCUT2D eigenvalue weighted by atomic mass is 32.1. The van der Waals surface area contributed by atoms with E-state index >= 15 is 0 Å². The number of fused-ring (bicyclic) bond motifs is 1. The quantitative estimate of drug-likeness (QED) is 0.580. The van der Waals surface area contributed by atoms with Crippen LogP contribution in [0.2, 0.25) is 0 Å². The van der Waals surface area contributed by atoms with Gasteiger partial charge in [-0.3, -0.25) is 0 Å². The summed E-state index contributed by atoms with van der Waals surface area (Å²) in [7, 11) is 0. The lowest BCUT2D eigenvalue weighted by Gasteiger charge is -1.91. The molecule has 0 saturated carbocycles. The molecule has 2 aromatic rings. The molecule has 0 saturated heterocycles. The number of hydrogen-bond donors (Lipinski definition) is 0. The van der Waals surface area contributed by atoms with Crippen LogP contribution in [0.4, 0.5) is 0 Å². The van der Waals surface area contributed by atoms with Crippen molar-refractivity contribution < 1.29 is 4.42 Å². The van der Waals surface area contributed by atoms with Crippen molar-refractivity contribution in [3.63, 3.8) is 0 Å². The second-order valence-corrected chi connectivity index (χ2v) is 2.29. The first kappa shape index (κ1) is 8.87. The fraction of sp³-hybridized carbons (Fsp3) is 0. The molecule has 0 aliphatic rings. The zero-order valence-electron chi connectivity index (χ0n) is 6.28. The van der Waals surface area contributed by atoms with Gasteiger partial charge < -0.3 is 4.42 Å². The van der Waals surface area contributed by atoms with Crippen LogP contribution in [-0.2, 0) is 0 Å². The van der Waals surface area contributed by atoms with Gasteiger partial charge in [0.15, 0.2) is 0 Å². The smallest absolute Gasteiger partial charge is 0.336 e. The lowest BCUT2D eigenvalue weighted by molar-refractivity contribution is 0.561. The lowest BCUT2D eigenvalue weighted by atomic mass is 10.2. The first-order valence-corrected chi connectivity index (χ1v) is 3.35. The Balaban J connectivity index is 0.000000720. The highest BCUT2D eigenvalue weighted by Crippen LogP contribution is 2.08. The third kappa shape index (κ3) is 1.51. The standard InChI is InChI=1S/C9H6O2.H2S/c10-9-6-5-7-3-1-2-4-8(7)11-9;/h1-6H;1H2. The molecule has 2 rings (SSSR count). The van der Waals surface area contributed by atoms with Crippen molar-refractivity contribution >= 4 is 24.5 Å². The molecule has 1 aromatic carbocycles. The number of benzene rings is 1. The molecular weight excluding hydrogens is 172 g/mol. The predicted octanol–water partition coefficient (Wildman–Crippen LogP) is 1.91. The molecule has 0 radical (unpaired) electrons. The molecule has 2 nitrogen and oxygen atoms in total. The summed E-state index contributed by atoms with van der Waals surface area (Å²) < 4.78 is 4.91. The maximum atomic E-state index is 10.7. The Labute approximate surface area is 76.3 Å². The Bertz CT molecular complexity index is 433. The fourth-order valence-electron chi connectivity index (χ4n) is 1.01. The minimum Gasteiger partial charge on any atom is -0.423 e. The van der Waals surface area contributed by atoms with E-state index in [1.165, 1.54) is 6.07 Å². The molecule has 0 bridgehead atoms. The van der Waals surface area contributed by atoms with Gasteiger partial charge in [0.25, 0.3) is 0 Å². The van der Waals surface area contributed by atoms with Gasteiger partial charge in [-0.25, -0.2) is 4.79 Å². The van der Waals surface area contributed by atoms with Gasteiger partial charge in [0.05, 0.1) is 0 Å². The van der Waals surface area contributed by atoms with Crippen molar-refractivity contribution in [3.8, 4) is 0 Å². The van der Waals surface area contributed by atoms with Gasteiger partial charge in [0.2, 0.25) is 0 Å².